The van der Waals surface area contributed by atoms with Crippen molar-refractivity contribution in [1.82, 2.24) is 9.78 Å². The average Bonchev–Trinajstić information content (AvgIpc) is 3.18. The zero-order valence-electron chi connectivity index (χ0n) is 14.6. The van der Waals surface area contributed by atoms with Crippen molar-refractivity contribution in [1.29, 1.82) is 0 Å². The lowest BCUT2D eigenvalue weighted by Crippen LogP contribution is -2.23. The van der Waals surface area contributed by atoms with Gasteiger partial charge in [-0.2, -0.15) is 5.10 Å². The molecule has 2 amide bonds. The Bertz CT molecular complexity index is 1030. The lowest BCUT2D eigenvalue weighted by atomic mass is 10.1. The van der Waals surface area contributed by atoms with Crippen LogP contribution in [0.25, 0.3) is 11.1 Å². The number of halogens is 1. The topological polar surface area (TPSA) is 76.0 Å². The number of aryl methyl sites for hydroxylation is 1. The van der Waals surface area contributed by atoms with Crippen molar-refractivity contribution in [2.24, 2.45) is 0 Å². The molecule has 1 aliphatic heterocycles. The highest BCUT2D eigenvalue weighted by atomic mass is 19.1. The molecule has 4 rings (SSSR count). The summed E-state index contributed by atoms with van der Waals surface area (Å²) in [5.74, 6) is -0.715. The molecule has 0 fully saturated rings. The van der Waals surface area contributed by atoms with E-state index in [1.807, 2.05) is 30.3 Å². The summed E-state index contributed by atoms with van der Waals surface area (Å²) >= 11 is 0. The Morgan fingerprint density at radius 2 is 2.04 bits per heavy atom. The lowest BCUT2D eigenvalue weighted by Gasteiger charge is -2.10. The first-order chi connectivity index (χ1) is 13.0. The van der Waals surface area contributed by atoms with Crippen molar-refractivity contribution in [2.45, 2.75) is 19.4 Å². The molecule has 0 aliphatic carbocycles. The molecule has 2 heterocycles. The van der Waals surface area contributed by atoms with Crippen molar-refractivity contribution in [2.75, 3.05) is 10.6 Å². The molecular weight excluding hydrogens is 347 g/mol. The maximum Gasteiger partial charge on any atom is 0.251 e. The number of anilines is 2. The molecule has 0 saturated heterocycles. The van der Waals surface area contributed by atoms with Gasteiger partial charge in [-0.3, -0.25) is 9.59 Å². The molecule has 0 radical (unpaired) electrons. The Morgan fingerprint density at radius 3 is 2.78 bits per heavy atom. The average molecular weight is 364 g/mol. The summed E-state index contributed by atoms with van der Waals surface area (Å²) < 4.78 is 15.4. The van der Waals surface area contributed by atoms with Crippen LogP contribution in [0.1, 0.15) is 18.0 Å². The first kappa shape index (κ1) is 17.0. The maximum absolute atomic E-state index is 13.9. The van der Waals surface area contributed by atoms with Crippen LogP contribution in [0.2, 0.25) is 0 Å². The summed E-state index contributed by atoms with van der Waals surface area (Å²) in [6.45, 7) is 1.76. The van der Waals surface area contributed by atoms with Crippen LogP contribution >= 0.6 is 0 Å². The number of nitrogens with one attached hydrogen (secondary N) is 2. The minimum absolute atomic E-state index is 0.0923. The largest absolute Gasteiger partial charge is 0.324 e. The van der Waals surface area contributed by atoms with Crippen LogP contribution in [0.3, 0.4) is 0 Å². The molecule has 1 aliphatic rings. The van der Waals surface area contributed by atoms with Gasteiger partial charge in [0.05, 0.1) is 18.3 Å². The van der Waals surface area contributed by atoms with E-state index in [1.54, 1.807) is 19.2 Å². The minimum atomic E-state index is -0.772. The van der Waals surface area contributed by atoms with Gasteiger partial charge < -0.3 is 10.6 Å². The van der Waals surface area contributed by atoms with E-state index in [0.29, 0.717) is 5.82 Å². The Kier molecular flexibility index (Phi) is 4.19. The van der Waals surface area contributed by atoms with Gasteiger partial charge in [0, 0.05) is 5.56 Å². The zero-order chi connectivity index (χ0) is 19.0. The van der Waals surface area contributed by atoms with Gasteiger partial charge in [-0.1, -0.05) is 36.4 Å². The molecule has 136 valence electrons. The van der Waals surface area contributed by atoms with Gasteiger partial charge in [-0.05, 0) is 30.2 Å². The molecule has 0 bridgehead atoms. The first-order valence-corrected chi connectivity index (χ1v) is 8.53. The number of hydrogen-bond acceptors (Lipinski definition) is 3. The number of hydrogen-bond donors (Lipinski definition) is 2. The number of aromatic nitrogens is 2. The van der Waals surface area contributed by atoms with E-state index in [2.05, 4.69) is 15.7 Å². The van der Waals surface area contributed by atoms with Gasteiger partial charge in [-0.15, -0.1) is 0 Å². The molecule has 0 saturated carbocycles. The molecule has 0 unspecified atom stereocenters. The van der Waals surface area contributed by atoms with Crippen LogP contribution in [0.15, 0.2) is 54.7 Å². The fourth-order valence-corrected chi connectivity index (χ4v) is 3.14. The number of rotatable bonds is 4. The highest BCUT2D eigenvalue weighted by Gasteiger charge is 2.35. The standard InChI is InChI=1S/C20H17FN4O2/c1-12-7-8-16(15(21)9-12)23-18(26)10-17-20(27)24-19-14(11-22-25(17)19)13-5-3-2-4-6-13/h2-9,11,17H,10H2,1H3,(H,23,26)(H,24,27)/t17-/m1/s1. The summed E-state index contributed by atoms with van der Waals surface area (Å²) in [5, 5.41) is 9.58. The third-order valence-corrected chi connectivity index (χ3v) is 4.50. The van der Waals surface area contributed by atoms with Crippen LogP contribution < -0.4 is 10.6 Å². The summed E-state index contributed by atoms with van der Waals surface area (Å²) in [6, 6.07) is 13.3. The van der Waals surface area contributed by atoms with Crippen LogP contribution in [-0.2, 0) is 9.59 Å². The van der Waals surface area contributed by atoms with E-state index in [9.17, 15) is 14.0 Å². The fourth-order valence-electron chi connectivity index (χ4n) is 3.14. The molecule has 2 N–H and O–H groups in total. The first-order valence-electron chi connectivity index (χ1n) is 8.53. The SMILES string of the molecule is Cc1ccc(NC(=O)C[C@@H]2C(=O)Nc3c(-c4ccccc4)cnn32)c(F)c1. The molecule has 1 atom stereocenters. The second kappa shape index (κ2) is 6.68. The number of benzene rings is 2. The normalized spacial score (nSPS) is 15.3. The summed E-state index contributed by atoms with van der Waals surface area (Å²) in [6.07, 6.45) is 1.52. The van der Waals surface area contributed by atoms with Crippen molar-refractivity contribution in [3.63, 3.8) is 0 Å². The van der Waals surface area contributed by atoms with E-state index in [0.717, 1.165) is 16.7 Å². The van der Waals surface area contributed by atoms with E-state index < -0.39 is 17.8 Å². The molecule has 27 heavy (non-hydrogen) atoms. The number of nitrogens with zero attached hydrogens (tertiary/aromatic N) is 2. The quantitative estimate of drug-likeness (QED) is 0.744. The zero-order valence-corrected chi connectivity index (χ0v) is 14.6. The lowest BCUT2D eigenvalue weighted by molar-refractivity contribution is -0.123. The van der Waals surface area contributed by atoms with Crippen molar-refractivity contribution < 1.29 is 14.0 Å². The maximum atomic E-state index is 13.9. The monoisotopic (exact) mass is 364 g/mol. The van der Waals surface area contributed by atoms with E-state index in [1.165, 1.54) is 16.8 Å². The number of carbonyl (C=O) groups is 2. The van der Waals surface area contributed by atoms with Crippen molar-refractivity contribution in [3.8, 4) is 11.1 Å². The summed E-state index contributed by atoms with van der Waals surface area (Å²) in [5.41, 5.74) is 2.56. The van der Waals surface area contributed by atoms with Gasteiger partial charge >= 0.3 is 0 Å². The Hall–Kier alpha value is -3.48. The second-order valence-electron chi connectivity index (χ2n) is 6.46. The van der Waals surface area contributed by atoms with Gasteiger partial charge in [0.25, 0.3) is 5.91 Å². The molecule has 0 spiro atoms. The molecule has 7 heteroatoms. The highest BCUT2D eigenvalue weighted by molar-refractivity contribution is 6.04. The van der Waals surface area contributed by atoms with Crippen LogP contribution in [0.4, 0.5) is 15.9 Å². The number of amides is 2. The van der Waals surface area contributed by atoms with Gasteiger partial charge in [0.2, 0.25) is 5.91 Å². The number of carbonyl (C=O) groups excluding carboxylic acids is 2. The Balaban J connectivity index is 1.53. The second-order valence-corrected chi connectivity index (χ2v) is 6.46. The summed E-state index contributed by atoms with van der Waals surface area (Å²) in [7, 11) is 0. The number of fused-ring (bicyclic) bond motifs is 1. The van der Waals surface area contributed by atoms with Crippen LogP contribution in [0, 0.1) is 12.7 Å². The predicted molar refractivity (Wildman–Crippen MR) is 99.7 cm³/mol. The molecule has 3 aromatic rings. The summed E-state index contributed by atoms with van der Waals surface area (Å²) in [4.78, 5) is 24.7. The van der Waals surface area contributed by atoms with E-state index in [4.69, 9.17) is 0 Å². The third-order valence-electron chi connectivity index (χ3n) is 4.50. The van der Waals surface area contributed by atoms with Gasteiger partial charge in [-0.25, -0.2) is 9.07 Å². The van der Waals surface area contributed by atoms with Gasteiger partial charge in [0.15, 0.2) is 0 Å². The van der Waals surface area contributed by atoms with Crippen molar-refractivity contribution >= 4 is 23.3 Å². The Morgan fingerprint density at radius 1 is 1.26 bits per heavy atom. The molecule has 6 nitrogen and oxygen atoms in total. The third kappa shape index (κ3) is 3.19. The molecule has 2 aromatic carbocycles. The Labute approximate surface area is 155 Å². The molecular formula is C20H17FN4O2. The smallest absolute Gasteiger partial charge is 0.251 e. The van der Waals surface area contributed by atoms with Gasteiger partial charge in [0.1, 0.15) is 17.7 Å². The molecule has 1 aromatic heterocycles. The van der Waals surface area contributed by atoms with Crippen LogP contribution in [-0.4, -0.2) is 21.6 Å². The van der Waals surface area contributed by atoms with Crippen LogP contribution in [0.5, 0.6) is 0 Å². The predicted octanol–water partition coefficient (Wildman–Crippen LogP) is 3.52. The van der Waals surface area contributed by atoms with Crippen molar-refractivity contribution in [3.05, 3.63) is 66.1 Å². The highest BCUT2D eigenvalue weighted by Crippen LogP contribution is 2.35. The van der Waals surface area contributed by atoms with E-state index in [-0.39, 0.29) is 18.0 Å². The minimum Gasteiger partial charge on any atom is -0.324 e. The fraction of sp³-hybridized carbons (Fsp3) is 0.150. The van der Waals surface area contributed by atoms with E-state index >= 15 is 0 Å².